The number of rotatable bonds is 7. The fourth-order valence-electron chi connectivity index (χ4n) is 2.37. The SMILES string of the molecule is COCCC[C@H](C(=O)c1ccccc1)c1ccccc1. The molecule has 1 atom stereocenters. The van der Waals surface area contributed by atoms with Gasteiger partial charge in [0.1, 0.15) is 0 Å². The van der Waals surface area contributed by atoms with Gasteiger partial charge in [0.15, 0.2) is 5.78 Å². The molecular formula is C18H20O2. The van der Waals surface area contributed by atoms with Crippen molar-refractivity contribution >= 4 is 5.78 Å². The number of ketones is 1. The van der Waals surface area contributed by atoms with Crippen LogP contribution in [0.5, 0.6) is 0 Å². The van der Waals surface area contributed by atoms with Crippen LogP contribution in [0.15, 0.2) is 60.7 Å². The Bertz CT molecular complexity index is 520. The van der Waals surface area contributed by atoms with E-state index in [1.54, 1.807) is 7.11 Å². The van der Waals surface area contributed by atoms with Gasteiger partial charge in [-0.1, -0.05) is 60.7 Å². The second kappa shape index (κ2) is 7.61. The maximum atomic E-state index is 12.7. The van der Waals surface area contributed by atoms with Crippen molar-refractivity contribution in [3.63, 3.8) is 0 Å². The van der Waals surface area contributed by atoms with Gasteiger partial charge in [0.2, 0.25) is 0 Å². The number of benzene rings is 2. The zero-order valence-corrected chi connectivity index (χ0v) is 11.8. The van der Waals surface area contributed by atoms with Crippen molar-refractivity contribution in [2.45, 2.75) is 18.8 Å². The smallest absolute Gasteiger partial charge is 0.170 e. The molecule has 2 heteroatoms. The highest BCUT2D eigenvalue weighted by molar-refractivity contribution is 6.00. The number of methoxy groups -OCH3 is 1. The van der Waals surface area contributed by atoms with Gasteiger partial charge in [-0.25, -0.2) is 0 Å². The van der Waals surface area contributed by atoms with Crippen LogP contribution in [0, 0.1) is 0 Å². The molecular weight excluding hydrogens is 248 g/mol. The van der Waals surface area contributed by atoms with Gasteiger partial charge < -0.3 is 4.74 Å². The quantitative estimate of drug-likeness (QED) is 0.558. The zero-order valence-electron chi connectivity index (χ0n) is 11.8. The first-order valence-corrected chi connectivity index (χ1v) is 6.96. The molecule has 0 amide bonds. The second-order valence-electron chi connectivity index (χ2n) is 4.83. The van der Waals surface area contributed by atoms with E-state index in [4.69, 9.17) is 4.74 Å². The molecule has 2 aromatic rings. The number of Topliss-reactive ketones (excluding diaryl/α,β-unsaturated/α-hetero) is 1. The van der Waals surface area contributed by atoms with Crippen molar-refractivity contribution in [1.82, 2.24) is 0 Å². The molecule has 0 bridgehead atoms. The van der Waals surface area contributed by atoms with Crippen LogP contribution in [0.1, 0.15) is 34.7 Å². The van der Waals surface area contributed by atoms with Crippen molar-refractivity contribution in [2.75, 3.05) is 13.7 Å². The average Bonchev–Trinajstić information content (AvgIpc) is 2.53. The summed E-state index contributed by atoms with van der Waals surface area (Å²) in [5, 5.41) is 0. The highest BCUT2D eigenvalue weighted by Crippen LogP contribution is 2.25. The fraction of sp³-hybridized carbons (Fsp3) is 0.278. The third-order valence-corrected chi connectivity index (χ3v) is 3.42. The number of carbonyl (C=O) groups is 1. The minimum Gasteiger partial charge on any atom is -0.385 e. The maximum absolute atomic E-state index is 12.7. The Balaban J connectivity index is 2.20. The summed E-state index contributed by atoms with van der Waals surface area (Å²) in [6.45, 7) is 0.686. The van der Waals surface area contributed by atoms with E-state index in [1.807, 2.05) is 60.7 Å². The zero-order chi connectivity index (χ0) is 14.2. The lowest BCUT2D eigenvalue weighted by Gasteiger charge is -2.16. The Kier molecular flexibility index (Phi) is 5.51. The lowest BCUT2D eigenvalue weighted by molar-refractivity contribution is 0.0948. The van der Waals surface area contributed by atoms with Gasteiger partial charge in [-0.3, -0.25) is 4.79 Å². The van der Waals surface area contributed by atoms with Crippen LogP contribution < -0.4 is 0 Å². The Morgan fingerprint density at radius 3 is 2.20 bits per heavy atom. The van der Waals surface area contributed by atoms with Crippen molar-refractivity contribution in [2.24, 2.45) is 0 Å². The molecule has 0 heterocycles. The first-order chi connectivity index (χ1) is 9.83. The van der Waals surface area contributed by atoms with Crippen LogP contribution >= 0.6 is 0 Å². The summed E-state index contributed by atoms with van der Waals surface area (Å²) in [5.41, 5.74) is 1.86. The first kappa shape index (κ1) is 14.5. The summed E-state index contributed by atoms with van der Waals surface area (Å²) in [7, 11) is 1.69. The molecule has 0 saturated heterocycles. The van der Waals surface area contributed by atoms with Crippen LogP contribution in [0.2, 0.25) is 0 Å². The van der Waals surface area contributed by atoms with Crippen LogP contribution in [0.3, 0.4) is 0 Å². The number of hydrogen-bond acceptors (Lipinski definition) is 2. The topological polar surface area (TPSA) is 26.3 Å². The Morgan fingerprint density at radius 1 is 1.00 bits per heavy atom. The standard InChI is InChI=1S/C18H20O2/c1-20-14-8-13-17(15-9-4-2-5-10-15)18(19)16-11-6-3-7-12-16/h2-7,9-12,17H,8,13-14H2,1H3/t17-/m0/s1. The third kappa shape index (κ3) is 3.78. The number of hydrogen-bond donors (Lipinski definition) is 0. The van der Waals surface area contributed by atoms with Crippen molar-refractivity contribution in [3.8, 4) is 0 Å². The Labute approximate surface area is 120 Å². The van der Waals surface area contributed by atoms with E-state index in [2.05, 4.69) is 0 Å². The van der Waals surface area contributed by atoms with E-state index in [0.29, 0.717) is 6.61 Å². The van der Waals surface area contributed by atoms with Gasteiger partial charge in [-0.05, 0) is 18.4 Å². The molecule has 0 aliphatic heterocycles. The molecule has 0 aromatic heterocycles. The summed E-state index contributed by atoms with van der Waals surface area (Å²) in [4.78, 5) is 12.7. The summed E-state index contributed by atoms with van der Waals surface area (Å²) in [5.74, 6) is 0.0988. The molecule has 2 aromatic carbocycles. The monoisotopic (exact) mass is 268 g/mol. The van der Waals surface area contributed by atoms with Crippen LogP contribution in [0.25, 0.3) is 0 Å². The lowest BCUT2D eigenvalue weighted by atomic mass is 9.87. The van der Waals surface area contributed by atoms with Crippen LogP contribution in [-0.4, -0.2) is 19.5 Å². The highest BCUT2D eigenvalue weighted by Gasteiger charge is 2.21. The largest absolute Gasteiger partial charge is 0.385 e. The second-order valence-corrected chi connectivity index (χ2v) is 4.83. The van der Waals surface area contributed by atoms with Crippen molar-refractivity contribution < 1.29 is 9.53 Å². The van der Waals surface area contributed by atoms with E-state index >= 15 is 0 Å². The van der Waals surface area contributed by atoms with Gasteiger partial charge in [0.25, 0.3) is 0 Å². The van der Waals surface area contributed by atoms with Gasteiger partial charge in [-0.15, -0.1) is 0 Å². The predicted molar refractivity (Wildman–Crippen MR) is 81.1 cm³/mol. The molecule has 0 saturated carbocycles. The summed E-state index contributed by atoms with van der Waals surface area (Å²) in [6, 6.07) is 19.5. The molecule has 2 nitrogen and oxygen atoms in total. The molecule has 104 valence electrons. The maximum Gasteiger partial charge on any atom is 0.170 e. The van der Waals surface area contributed by atoms with Crippen molar-refractivity contribution in [3.05, 3.63) is 71.8 Å². The van der Waals surface area contributed by atoms with E-state index in [9.17, 15) is 4.79 Å². The van der Waals surface area contributed by atoms with E-state index in [0.717, 1.165) is 24.0 Å². The molecule has 0 radical (unpaired) electrons. The molecule has 0 unspecified atom stereocenters. The molecule has 0 N–H and O–H groups in total. The summed E-state index contributed by atoms with van der Waals surface area (Å²) < 4.78 is 5.10. The molecule has 0 fully saturated rings. The third-order valence-electron chi connectivity index (χ3n) is 3.42. The van der Waals surface area contributed by atoms with E-state index in [1.165, 1.54) is 0 Å². The van der Waals surface area contributed by atoms with Crippen molar-refractivity contribution in [1.29, 1.82) is 0 Å². The van der Waals surface area contributed by atoms with Crippen LogP contribution in [0.4, 0.5) is 0 Å². The number of carbonyl (C=O) groups excluding carboxylic acids is 1. The summed E-state index contributed by atoms with van der Waals surface area (Å²) >= 11 is 0. The van der Waals surface area contributed by atoms with E-state index < -0.39 is 0 Å². The molecule has 0 aliphatic rings. The Hall–Kier alpha value is -1.93. The Morgan fingerprint density at radius 2 is 1.60 bits per heavy atom. The molecule has 2 rings (SSSR count). The summed E-state index contributed by atoms with van der Waals surface area (Å²) in [6.07, 6.45) is 1.69. The minimum atomic E-state index is -0.0891. The highest BCUT2D eigenvalue weighted by atomic mass is 16.5. The lowest BCUT2D eigenvalue weighted by Crippen LogP contribution is -2.13. The molecule has 0 spiro atoms. The number of ether oxygens (including phenoxy) is 1. The minimum absolute atomic E-state index is 0.0891. The normalized spacial score (nSPS) is 12.1. The van der Waals surface area contributed by atoms with Gasteiger partial charge in [-0.2, -0.15) is 0 Å². The molecule has 20 heavy (non-hydrogen) atoms. The van der Waals surface area contributed by atoms with Gasteiger partial charge >= 0.3 is 0 Å². The fourth-order valence-corrected chi connectivity index (χ4v) is 2.37. The predicted octanol–water partition coefficient (Wildman–Crippen LogP) is 4.08. The first-order valence-electron chi connectivity index (χ1n) is 6.96. The average molecular weight is 268 g/mol. The molecule has 0 aliphatic carbocycles. The van der Waals surface area contributed by atoms with Crippen LogP contribution in [-0.2, 0) is 4.74 Å². The van der Waals surface area contributed by atoms with Gasteiger partial charge in [0, 0.05) is 25.2 Å². The van der Waals surface area contributed by atoms with E-state index in [-0.39, 0.29) is 11.7 Å². The van der Waals surface area contributed by atoms with Gasteiger partial charge in [0.05, 0.1) is 0 Å².